The summed E-state index contributed by atoms with van der Waals surface area (Å²) in [6.45, 7) is 0. The average Bonchev–Trinajstić information content (AvgIpc) is 2.65. The summed E-state index contributed by atoms with van der Waals surface area (Å²) < 4.78 is 2.11. The van der Waals surface area contributed by atoms with E-state index in [4.69, 9.17) is 0 Å². The van der Waals surface area contributed by atoms with Gasteiger partial charge in [0.25, 0.3) is 0 Å². The van der Waals surface area contributed by atoms with Crippen molar-refractivity contribution >= 4 is 90.9 Å². The van der Waals surface area contributed by atoms with Gasteiger partial charge in [0, 0.05) is 67.6 Å². The molecule has 6 rings (SSSR count). The van der Waals surface area contributed by atoms with Crippen LogP contribution in [0, 0.1) is 0 Å². The fourth-order valence-electron chi connectivity index (χ4n) is 4.53. The molecule has 0 saturated heterocycles. The second kappa shape index (κ2) is 5.32. The first-order chi connectivity index (χ1) is 13.4. The minimum absolute atomic E-state index is 0.0726. The van der Waals surface area contributed by atoms with Crippen LogP contribution in [0.1, 0.15) is 0 Å². The van der Waals surface area contributed by atoms with Crippen LogP contribution in [0.5, 0.6) is 5.75 Å². The number of halogens is 3. The SMILES string of the molecule is O=c1c2cc(Br)cc3c2-c2c4c(cc(Br)cc14)c(O)c1cc(Br)cc(c3=O)c21. The van der Waals surface area contributed by atoms with Gasteiger partial charge in [0.2, 0.25) is 0 Å². The van der Waals surface area contributed by atoms with Crippen LogP contribution in [0.25, 0.3) is 54.2 Å². The summed E-state index contributed by atoms with van der Waals surface area (Å²) in [6.07, 6.45) is 0. The molecule has 0 bridgehead atoms. The fraction of sp³-hybridized carbons (Fsp3) is 0. The Bertz CT molecular complexity index is 1570. The first-order valence-corrected chi connectivity index (χ1v) is 10.8. The molecular weight excluding hydrogens is 552 g/mol. The van der Waals surface area contributed by atoms with E-state index in [0.717, 1.165) is 5.56 Å². The monoisotopic (exact) mass is 556 g/mol. The number of benzene rings is 6. The first kappa shape index (κ1) is 16.9. The third-order valence-corrected chi connectivity index (χ3v) is 6.92. The van der Waals surface area contributed by atoms with Crippen molar-refractivity contribution in [2.45, 2.75) is 0 Å². The standard InChI is InChI=1S/C22H7Br3O3/c23-7-1-10-16-11(2-7)21(27)14-5-9(25)6-15-18(14)19(16)17-12(20(10)26)3-8(24)4-13(17)22(15)28/h1-6,26H. The normalized spacial score (nSPS) is 12.5. The molecule has 0 saturated carbocycles. The summed E-state index contributed by atoms with van der Waals surface area (Å²) in [5.41, 5.74) is 1.22. The quantitative estimate of drug-likeness (QED) is 0.173. The molecule has 0 spiro atoms. The second-order valence-electron chi connectivity index (χ2n) is 7.01. The molecule has 0 fully saturated rings. The summed E-state index contributed by atoms with van der Waals surface area (Å²) in [5.74, 6) is 0.0726. The van der Waals surface area contributed by atoms with E-state index < -0.39 is 0 Å². The van der Waals surface area contributed by atoms with E-state index in [1.54, 1.807) is 24.3 Å². The molecule has 0 radical (unpaired) electrons. The van der Waals surface area contributed by atoms with Gasteiger partial charge in [-0.15, -0.1) is 0 Å². The van der Waals surface area contributed by atoms with Crippen LogP contribution in [0.4, 0.5) is 0 Å². The zero-order chi connectivity index (χ0) is 19.5. The van der Waals surface area contributed by atoms with E-state index in [1.807, 2.05) is 12.1 Å². The van der Waals surface area contributed by atoms with E-state index in [1.165, 1.54) is 0 Å². The van der Waals surface area contributed by atoms with Crippen LogP contribution >= 0.6 is 47.8 Å². The highest BCUT2D eigenvalue weighted by molar-refractivity contribution is 9.11. The van der Waals surface area contributed by atoms with E-state index in [2.05, 4.69) is 47.8 Å². The summed E-state index contributed by atoms with van der Waals surface area (Å²) in [6, 6.07) is 10.7. The molecule has 2 aliphatic rings. The minimum atomic E-state index is -0.150. The number of phenolic OH excluding ortho intramolecular Hbond substituents is 1. The largest absolute Gasteiger partial charge is 0.507 e. The molecular formula is C22H7Br3O3. The lowest BCUT2D eigenvalue weighted by atomic mass is 9.81. The summed E-state index contributed by atoms with van der Waals surface area (Å²) in [4.78, 5) is 26.7. The number of hydrogen-bond acceptors (Lipinski definition) is 3. The van der Waals surface area contributed by atoms with Crippen molar-refractivity contribution < 1.29 is 5.11 Å². The van der Waals surface area contributed by atoms with Gasteiger partial charge >= 0.3 is 0 Å². The number of hydrogen-bond donors (Lipinski definition) is 1. The van der Waals surface area contributed by atoms with Gasteiger partial charge in [0.15, 0.2) is 10.9 Å². The van der Waals surface area contributed by atoms with Crippen molar-refractivity contribution in [1.82, 2.24) is 0 Å². The maximum atomic E-state index is 13.3. The third-order valence-electron chi connectivity index (χ3n) is 5.55. The predicted octanol–water partition coefficient (Wildman–Crippen LogP) is 6.43. The molecule has 134 valence electrons. The van der Waals surface area contributed by atoms with E-state index >= 15 is 0 Å². The highest BCUT2D eigenvalue weighted by atomic mass is 79.9. The zero-order valence-electron chi connectivity index (χ0n) is 13.9. The van der Waals surface area contributed by atoms with Crippen LogP contribution in [-0.4, -0.2) is 5.11 Å². The van der Waals surface area contributed by atoms with Crippen LogP contribution < -0.4 is 10.9 Å². The summed E-state index contributed by atoms with van der Waals surface area (Å²) in [5, 5.41) is 15.7. The summed E-state index contributed by atoms with van der Waals surface area (Å²) >= 11 is 10.4. The number of aromatic hydroxyl groups is 1. The Morgan fingerprint density at radius 1 is 0.536 bits per heavy atom. The molecule has 2 aliphatic carbocycles. The van der Waals surface area contributed by atoms with Gasteiger partial charge in [0.1, 0.15) is 5.75 Å². The van der Waals surface area contributed by atoms with Gasteiger partial charge in [-0.3, -0.25) is 9.59 Å². The second-order valence-corrected chi connectivity index (χ2v) is 9.76. The van der Waals surface area contributed by atoms with Gasteiger partial charge in [0.05, 0.1) is 0 Å². The Kier molecular flexibility index (Phi) is 3.21. The smallest absolute Gasteiger partial charge is 0.194 e. The van der Waals surface area contributed by atoms with Crippen molar-refractivity contribution in [3.05, 3.63) is 70.3 Å². The molecule has 4 aromatic carbocycles. The molecule has 6 heteroatoms. The molecule has 4 aromatic rings. The van der Waals surface area contributed by atoms with Crippen LogP contribution in [-0.2, 0) is 0 Å². The average molecular weight is 559 g/mol. The zero-order valence-corrected chi connectivity index (χ0v) is 18.6. The molecule has 1 N–H and O–H groups in total. The number of rotatable bonds is 0. The van der Waals surface area contributed by atoms with Crippen molar-refractivity contribution in [2.75, 3.05) is 0 Å². The fourth-order valence-corrected chi connectivity index (χ4v) is 5.90. The van der Waals surface area contributed by atoms with Gasteiger partial charge < -0.3 is 5.11 Å². The molecule has 0 heterocycles. The topological polar surface area (TPSA) is 54.4 Å². The Morgan fingerprint density at radius 3 is 1.32 bits per heavy atom. The predicted molar refractivity (Wildman–Crippen MR) is 124 cm³/mol. The third kappa shape index (κ3) is 1.88. The Labute approximate surface area is 182 Å². The van der Waals surface area contributed by atoms with Crippen molar-refractivity contribution in [2.24, 2.45) is 0 Å². The highest BCUT2D eigenvalue weighted by Crippen LogP contribution is 2.50. The molecule has 0 atom stereocenters. The minimum Gasteiger partial charge on any atom is -0.507 e. The molecule has 3 nitrogen and oxygen atoms in total. The molecule has 28 heavy (non-hydrogen) atoms. The lowest BCUT2D eigenvalue weighted by molar-refractivity contribution is 0.488. The van der Waals surface area contributed by atoms with Crippen molar-refractivity contribution in [3.63, 3.8) is 0 Å². The lowest BCUT2D eigenvalue weighted by Crippen LogP contribution is -2.13. The van der Waals surface area contributed by atoms with Gasteiger partial charge in [-0.25, -0.2) is 0 Å². The highest BCUT2D eigenvalue weighted by Gasteiger charge is 2.28. The summed E-state index contributed by atoms with van der Waals surface area (Å²) in [7, 11) is 0. The maximum Gasteiger partial charge on any atom is 0.194 e. The Hall–Kier alpha value is -2.02. The maximum absolute atomic E-state index is 13.3. The Balaban J connectivity index is 2.19. The van der Waals surface area contributed by atoms with E-state index in [0.29, 0.717) is 62.1 Å². The van der Waals surface area contributed by atoms with Crippen molar-refractivity contribution in [3.8, 4) is 16.9 Å². The number of phenols is 1. The molecule has 0 amide bonds. The Morgan fingerprint density at radius 2 is 0.893 bits per heavy atom. The van der Waals surface area contributed by atoms with E-state index in [9.17, 15) is 14.7 Å². The van der Waals surface area contributed by atoms with Gasteiger partial charge in [-0.2, -0.15) is 0 Å². The van der Waals surface area contributed by atoms with Crippen LogP contribution in [0.3, 0.4) is 0 Å². The lowest BCUT2D eigenvalue weighted by Gasteiger charge is -2.22. The van der Waals surface area contributed by atoms with Crippen LogP contribution in [0.15, 0.2) is 59.4 Å². The van der Waals surface area contributed by atoms with Gasteiger partial charge in [-0.1, -0.05) is 47.8 Å². The molecule has 0 unspecified atom stereocenters. The van der Waals surface area contributed by atoms with E-state index in [-0.39, 0.29) is 16.6 Å². The first-order valence-electron chi connectivity index (χ1n) is 8.41. The molecule has 0 aromatic heterocycles. The van der Waals surface area contributed by atoms with Gasteiger partial charge in [-0.05, 0) is 36.4 Å². The van der Waals surface area contributed by atoms with Crippen LogP contribution in [0.2, 0.25) is 0 Å². The molecule has 0 aliphatic heterocycles. The van der Waals surface area contributed by atoms with Crippen molar-refractivity contribution in [1.29, 1.82) is 0 Å².